The quantitative estimate of drug-likeness (QED) is 0.359. The molecular weight excluding hydrogens is 454 g/mol. The number of pyridine rings is 1. The summed E-state index contributed by atoms with van der Waals surface area (Å²) in [6.07, 6.45) is 1.61. The average molecular weight is 482 g/mol. The number of nitrogens with zero attached hydrogens (tertiary/aromatic N) is 2. The van der Waals surface area contributed by atoms with E-state index in [9.17, 15) is 9.59 Å². The summed E-state index contributed by atoms with van der Waals surface area (Å²) in [5.74, 6) is 0.632. The summed E-state index contributed by atoms with van der Waals surface area (Å²) in [4.78, 5) is 33.6. The molecule has 7 heteroatoms. The number of hydrogen-bond acceptors (Lipinski definition) is 5. The molecule has 0 aliphatic carbocycles. The van der Waals surface area contributed by atoms with Gasteiger partial charge in [0.15, 0.2) is 6.04 Å². The second kappa shape index (κ2) is 11.7. The molecule has 1 N–H and O–H groups in total. The summed E-state index contributed by atoms with van der Waals surface area (Å²) in [6, 6.07) is 27.7. The molecule has 0 aliphatic rings. The highest BCUT2D eigenvalue weighted by Crippen LogP contribution is 2.27. The van der Waals surface area contributed by atoms with E-state index in [0.29, 0.717) is 28.4 Å². The zero-order valence-corrected chi connectivity index (χ0v) is 20.1. The number of amides is 2. The number of carbonyl (C=O) groups excluding carboxylic acids is 2. The first-order valence-electron chi connectivity index (χ1n) is 11.4. The Bertz CT molecular complexity index is 1280. The van der Waals surface area contributed by atoms with E-state index in [1.54, 1.807) is 92.0 Å². The van der Waals surface area contributed by atoms with Crippen molar-refractivity contribution in [3.05, 3.63) is 120 Å². The fourth-order valence-electron chi connectivity index (χ4n) is 3.82. The summed E-state index contributed by atoms with van der Waals surface area (Å²) in [6.45, 7) is 0.211. The van der Waals surface area contributed by atoms with Gasteiger partial charge in [0.05, 0.1) is 19.9 Å². The van der Waals surface area contributed by atoms with E-state index in [0.717, 1.165) is 5.56 Å². The van der Waals surface area contributed by atoms with Gasteiger partial charge >= 0.3 is 0 Å². The minimum Gasteiger partial charge on any atom is -0.497 e. The topological polar surface area (TPSA) is 80.8 Å². The van der Waals surface area contributed by atoms with E-state index >= 15 is 0 Å². The van der Waals surface area contributed by atoms with Crippen LogP contribution in [0, 0.1) is 0 Å². The molecule has 4 aromatic rings. The number of hydrogen-bond donors (Lipinski definition) is 1. The van der Waals surface area contributed by atoms with E-state index in [1.807, 2.05) is 30.3 Å². The Balaban J connectivity index is 1.74. The molecule has 182 valence electrons. The normalized spacial score (nSPS) is 11.3. The van der Waals surface area contributed by atoms with Crippen LogP contribution in [-0.2, 0) is 11.3 Å². The van der Waals surface area contributed by atoms with Crippen LogP contribution in [0.2, 0.25) is 0 Å². The molecule has 3 aromatic carbocycles. The lowest BCUT2D eigenvalue weighted by atomic mass is 10.1. The van der Waals surface area contributed by atoms with Crippen molar-refractivity contribution < 1.29 is 19.1 Å². The molecule has 1 atom stereocenters. The maximum absolute atomic E-state index is 13.9. The lowest BCUT2D eigenvalue weighted by molar-refractivity contribution is -0.121. The Hall–Kier alpha value is -4.65. The molecular formula is C29H27N3O4. The molecule has 0 aliphatic heterocycles. The van der Waals surface area contributed by atoms with Crippen molar-refractivity contribution in [3.63, 3.8) is 0 Å². The van der Waals surface area contributed by atoms with Crippen molar-refractivity contribution in [2.75, 3.05) is 19.5 Å². The largest absolute Gasteiger partial charge is 0.497 e. The van der Waals surface area contributed by atoms with Crippen molar-refractivity contribution in [3.8, 4) is 11.5 Å². The van der Waals surface area contributed by atoms with Crippen molar-refractivity contribution in [2.45, 2.75) is 12.6 Å². The Morgan fingerprint density at radius 3 is 2.00 bits per heavy atom. The minimum atomic E-state index is -0.983. The van der Waals surface area contributed by atoms with Gasteiger partial charge in [-0.3, -0.25) is 14.6 Å². The van der Waals surface area contributed by atoms with Gasteiger partial charge in [0.25, 0.3) is 11.8 Å². The van der Waals surface area contributed by atoms with Crippen molar-refractivity contribution in [1.29, 1.82) is 0 Å². The van der Waals surface area contributed by atoms with Gasteiger partial charge in [-0.25, -0.2) is 0 Å². The van der Waals surface area contributed by atoms with Crippen LogP contribution < -0.4 is 14.8 Å². The molecule has 4 rings (SSSR count). The molecule has 0 fully saturated rings. The number of benzene rings is 3. The van der Waals surface area contributed by atoms with Crippen molar-refractivity contribution in [1.82, 2.24) is 9.88 Å². The zero-order chi connectivity index (χ0) is 25.3. The molecule has 1 heterocycles. The Morgan fingerprint density at radius 2 is 1.42 bits per heavy atom. The number of carbonyl (C=O) groups is 2. The van der Waals surface area contributed by atoms with Crippen LogP contribution in [0.5, 0.6) is 11.5 Å². The molecule has 1 aromatic heterocycles. The number of ether oxygens (including phenoxy) is 2. The second-order valence-electron chi connectivity index (χ2n) is 8.02. The number of methoxy groups -OCH3 is 2. The first-order valence-corrected chi connectivity index (χ1v) is 11.4. The van der Waals surface area contributed by atoms with Gasteiger partial charge in [-0.05, 0) is 66.2 Å². The monoisotopic (exact) mass is 481 g/mol. The predicted molar refractivity (Wildman–Crippen MR) is 138 cm³/mol. The van der Waals surface area contributed by atoms with Gasteiger partial charge in [-0.1, -0.05) is 36.4 Å². The summed E-state index contributed by atoms with van der Waals surface area (Å²) >= 11 is 0. The van der Waals surface area contributed by atoms with Crippen LogP contribution in [0.4, 0.5) is 5.69 Å². The van der Waals surface area contributed by atoms with Crippen LogP contribution in [0.1, 0.15) is 27.7 Å². The molecule has 0 radical (unpaired) electrons. The lowest BCUT2D eigenvalue weighted by Crippen LogP contribution is -2.41. The summed E-state index contributed by atoms with van der Waals surface area (Å²) in [5.41, 5.74) is 2.36. The third-order valence-electron chi connectivity index (χ3n) is 5.68. The standard InChI is InChI=1S/C29H27N3O4/c1-35-24-15-11-22(12-16-24)29(34)32(20-21-8-4-3-5-9-21)27(26-10-6-7-19-30-26)28(33)31-23-13-17-25(36-2)18-14-23/h3-19,27H,20H2,1-2H3,(H,31,33). The fourth-order valence-corrected chi connectivity index (χ4v) is 3.82. The van der Waals surface area contributed by atoms with Crippen molar-refractivity contribution in [2.24, 2.45) is 0 Å². The van der Waals surface area contributed by atoms with E-state index in [4.69, 9.17) is 9.47 Å². The maximum Gasteiger partial charge on any atom is 0.255 e. The van der Waals surface area contributed by atoms with Crippen LogP contribution in [0.15, 0.2) is 103 Å². The predicted octanol–water partition coefficient (Wildman–Crippen LogP) is 5.12. The van der Waals surface area contributed by atoms with E-state index in [-0.39, 0.29) is 18.4 Å². The van der Waals surface area contributed by atoms with Gasteiger partial charge in [-0.15, -0.1) is 0 Å². The highest BCUT2D eigenvalue weighted by molar-refractivity contribution is 6.01. The number of rotatable bonds is 9. The van der Waals surface area contributed by atoms with Crippen LogP contribution >= 0.6 is 0 Å². The molecule has 1 unspecified atom stereocenters. The highest BCUT2D eigenvalue weighted by Gasteiger charge is 2.33. The summed E-state index contributed by atoms with van der Waals surface area (Å²) in [7, 11) is 3.15. The lowest BCUT2D eigenvalue weighted by Gasteiger charge is -2.31. The van der Waals surface area contributed by atoms with E-state index < -0.39 is 6.04 Å². The Morgan fingerprint density at radius 1 is 0.806 bits per heavy atom. The van der Waals surface area contributed by atoms with Gasteiger partial charge in [0.1, 0.15) is 11.5 Å². The molecule has 0 spiro atoms. The fraction of sp³-hybridized carbons (Fsp3) is 0.138. The third kappa shape index (κ3) is 5.88. The first kappa shape index (κ1) is 24.5. The number of anilines is 1. The number of aromatic nitrogens is 1. The van der Waals surface area contributed by atoms with E-state index in [1.165, 1.54) is 0 Å². The molecule has 36 heavy (non-hydrogen) atoms. The maximum atomic E-state index is 13.9. The minimum absolute atomic E-state index is 0.211. The van der Waals surface area contributed by atoms with Gasteiger partial charge in [-0.2, -0.15) is 0 Å². The second-order valence-corrected chi connectivity index (χ2v) is 8.02. The van der Waals surface area contributed by atoms with Gasteiger partial charge in [0.2, 0.25) is 0 Å². The highest BCUT2D eigenvalue weighted by atomic mass is 16.5. The molecule has 2 amide bonds. The molecule has 0 bridgehead atoms. The van der Waals surface area contributed by atoms with E-state index in [2.05, 4.69) is 10.3 Å². The Kier molecular flexibility index (Phi) is 7.93. The summed E-state index contributed by atoms with van der Waals surface area (Å²) < 4.78 is 10.4. The number of nitrogens with one attached hydrogen (secondary N) is 1. The summed E-state index contributed by atoms with van der Waals surface area (Å²) in [5, 5.41) is 2.93. The van der Waals surface area contributed by atoms with Crippen molar-refractivity contribution >= 4 is 17.5 Å². The smallest absolute Gasteiger partial charge is 0.255 e. The Labute approximate surface area is 210 Å². The van der Waals surface area contributed by atoms with Crippen LogP contribution in [0.25, 0.3) is 0 Å². The van der Waals surface area contributed by atoms with Gasteiger partial charge in [0, 0.05) is 24.0 Å². The SMILES string of the molecule is COc1ccc(NC(=O)C(c2ccccn2)N(Cc2ccccc2)C(=O)c2ccc(OC)cc2)cc1. The van der Waals surface area contributed by atoms with Crippen LogP contribution in [0.3, 0.4) is 0 Å². The first-order chi connectivity index (χ1) is 17.6. The molecule has 7 nitrogen and oxygen atoms in total. The average Bonchev–Trinajstić information content (AvgIpc) is 2.94. The van der Waals surface area contributed by atoms with Crippen LogP contribution in [-0.4, -0.2) is 35.9 Å². The molecule has 0 saturated carbocycles. The molecule has 0 saturated heterocycles. The third-order valence-corrected chi connectivity index (χ3v) is 5.68. The van der Waals surface area contributed by atoms with Gasteiger partial charge < -0.3 is 19.7 Å². The zero-order valence-electron chi connectivity index (χ0n) is 20.1.